The molecule has 6 bridgehead atoms. The smallest absolute Gasteiger partial charge is 0.227 e. The topological polar surface area (TPSA) is 77.4 Å². The van der Waals surface area contributed by atoms with E-state index in [1.165, 1.54) is 95.2 Å². The number of halogens is 9. The van der Waals surface area contributed by atoms with E-state index in [9.17, 15) is 9.50 Å². The van der Waals surface area contributed by atoms with Crippen molar-refractivity contribution in [1.29, 1.82) is 0 Å². The molecule has 0 radical (unpaired) electrons. The van der Waals surface area contributed by atoms with Gasteiger partial charge in [0.25, 0.3) is 0 Å². The minimum Gasteiger partial charge on any atom is -0.474 e. The van der Waals surface area contributed by atoms with Crippen molar-refractivity contribution >= 4 is 144 Å². The first kappa shape index (κ1) is 53.1. The van der Waals surface area contributed by atoms with Crippen molar-refractivity contribution in [3.8, 4) is 11.8 Å². The third-order valence-electron chi connectivity index (χ3n) is 11.8. The zero-order valence-corrected chi connectivity index (χ0v) is 49.2. The maximum atomic E-state index is 12.2. The van der Waals surface area contributed by atoms with Gasteiger partial charge in [0.2, 0.25) is 17.7 Å². The first-order valence-electron chi connectivity index (χ1n) is 19.6. The standard InChI is InChI=1S/C15H21NO.C13H16INO.C8H14O.C5H3FIN.I3.I2.HI/c1-2-13-4-3-7-16-15(13)17-14-9-11-5-6-12(8-11)10-14;14-12-2-1-5-15-13(12)16-11-7-9-3-4-10(6-9)8-11;9-8-4-6-1-2-7(3-6)5-8;6-5-4(7)2-1-3-8-5;1-3-2;1-2;/h3-4,7,11-12,14H,2,5-6,8-10H2,1H3;1-2,5,9-11H,3-4,6-8H2;6-9H,1-5H2;1-3H;;;1H/q;;;;-1;;/t11-,12+,14?;9-,10+,11?;6-,7+,8?;;;;. The van der Waals surface area contributed by atoms with Crippen LogP contribution in [0.3, 0.4) is 0 Å². The Kier molecular flexibility index (Phi) is 28.5. The van der Waals surface area contributed by atoms with Crippen molar-refractivity contribution < 1.29 is 32.2 Å². The number of nitrogens with zero attached hydrogens (tertiary/aromatic N) is 3. The minimum atomic E-state index is -0.395. The molecular weight excluding hydrogens is 1620 g/mol. The molecule has 6 fully saturated rings. The average Bonchev–Trinajstić information content (AvgIpc) is 3.85. The Balaban J connectivity index is 0.000000199. The Morgan fingerprint density at radius 2 is 1.00 bits per heavy atom. The van der Waals surface area contributed by atoms with Crippen LogP contribution in [0.15, 0.2) is 55.0 Å². The van der Waals surface area contributed by atoms with Gasteiger partial charge in [0, 0.05) is 61.4 Å². The number of fused-ring (bicyclic) bond motifs is 6. The van der Waals surface area contributed by atoms with E-state index >= 15 is 0 Å². The molecule has 6 saturated carbocycles. The fourth-order valence-electron chi connectivity index (χ4n) is 9.50. The Morgan fingerprint density at radius 3 is 1.39 bits per heavy atom. The van der Waals surface area contributed by atoms with Crippen LogP contribution in [-0.2, 0) is 6.42 Å². The number of aliphatic hydroxyl groups excluding tert-OH is 1. The van der Waals surface area contributed by atoms with Crippen LogP contribution in [0, 0.1) is 48.6 Å². The molecule has 56 heavy (non-hydrogen) atoms. The second-order valence-electron chi connectivity index (χ2n) is 15.6. The summed E-state index contributed by atoms with van der Waals surface area (Å²) in [4.78, 5) is 12.1. The molecule has 0 aliphatic heterocycles. The first-order valence-corrected chi connectivity index (χ1v) is 40.6. The van der Waals surface area contributed by atoms with Gasteiger partial charge in [0.15, 0.2) is 0 Å². The van der Waals surface area contributed by atoms with Crippen LogP contribution < -0.4 is 22.7 Å². The monoisotopic (exact) mass is 1670 g/mol. The summed E-state index contributed by atoms with van der Waals surface area (Å²) >= 11 is 13.7. The van der Waals surface area contributed by atoms with Crippen LogP contribution in [0.25, 0.3) is 0 Å². The molecule has 9 rings (SSSR count). The van der Waals surface area contributed by atoms with Gasteiger partial charge in [-0.3, -0.25) is 0 Å². The Bertz CT molecular complexity index is 1480. The third-order valence-corrected chi connectivity index (χ3v) is 13.4. The van der Waals surface area contributed by atoms with Gasteiger partial charge in [-0.25, -0.2) is 15.0 Å². The second kappa shape index (κ2) is 30.0. The summed E-state index contributed by atoms with van der Waals surface area (Å²) in [5.41, 5.74) is 1.24. The number of aliphatic hydroxyl groups is 1. The number of pyridine rings is 3. The average molecular weight is 1670 g/mol. The largest absolute Gasteiger partial charge is 0.474 e. The third kappa shape index (κ3) is 18.9. The van der Waals surface area contributed by atoms with Crippen LogP contribution in [0.4, 0.5) is 4.39 Å². The maximum absolute atomic E-state index is 12.2. The molecule has 15 heteroatoms. The maximum Gasteiger partial charge on any atom is 0.227 e. The van der Waals surface area contributed by atoms with Gasteiger partial charge >= 0.3 is 50.5 Å². The van der Waals surface area contributed by atoms with E-state index in [4.69, 9.17) is 9.47 Å². The SMILES string of the molecule is CCc1cccnc1OC1C[C@H]2CC[C@@H](C1)C2.Fc1ncccc1I.I.II.I[I-]I.Ic1cccnc1OC1C[C@H]2CC[C@@H](C1)C2.OC1C[C@H]2CC[C@@H](C1)C2. The fraction of sp³-hybridized carbons (Fsp3) is 0.634. The summed E-state index contributed by atoms with van der Waals surface area (Å²) in [5.74, 6) is 6.77. The number of aryl methyl sites for hydroxylation is 1. The summed E-state index contributed by atoms with van der Waals surface area (Å²) < 4.78 is 26.1. The van der Waals surface area contributed by atoms with E-state index in [2.05, 4.69) is 131 Å². The van der Waals surface area contributed by atoms with Crippen molar-refractivity contribution in [2.24, 2.45) is 35.5 Å². The van der Waals surface area contributed by atoms with Crippen molar-refractivity contribution in [1.82, 2.24) is 15.0 Å². The minimum absolute atomic E-state index is 0. The molecule has 9 atom stereocenters. The van der Waals surface area contributed by atoms with Crippen molar-refractivity contribution in [2.75, 3.05) is 0 Å². The molecule has 0 saturated heterocycles. The van der Waals surface area contributed by atoms with Crippen LogP contribution in [0.1, 0.15) is 109 Å². The summed E-state index contributed by atoms with van der Waals surface area (Å²) in [7, 11) is 0. The number of hydrogen-bond donors (Lipinski definition) is 1. The molecular formula is C41H55FI8N3O3-. The molecule has 1 N–H and O–H groups in total. The predicted octanol–water partition coefficient (Wildman–Crippen LogP) is 11.8. The molecule has 6 nitrogen and oxygen atoms in total. The Morgan fingerprint density at radius 1 is 0.625 bits per heavy atom. The van der Waals surface area contributed by atoms with E-state index in [1.54, 1.807) is 12.1 Å². The van der Waals surface area contributed by atoms with Crippen LogP contribution in [0.5, 0.6) is 11.8 Å². The Labute approximate surface area is 432 Å². The Hall–Kier alpha value is 2.78. The number of aromatic nitrogens is 3. The number of ether oxygens (including phenoxy) is 2. The van der Waals surface area contributed by atoms with Gasteiger partial charge in [0.05, 0.1) is 13.2 Å². The summed E-state index contributed by atoms with van der Waals surface area (Å²) in [5, 5.41) is 9.29. The molecule has 3 aromatic heterocycles. The van der Waals surface area contributed by atoms with Gasteiger partial charge in [0.1, 0.15) is 12.2 Å². The van der Waals surface area contributed by atoms with E-state index < -0.39 is 5.95 Å². The molecule has 6 aliphatic carbocycles. The quantitative estimate of drug-likeness (QED) is 0.203. The van der Waals surface area contributed by atoms with E-state index in [-0.39, 0.29) is 30.1 Å². The fourth-order valence-corrected chi connectivity index (χ4v) is 10.3. The van der Waals surface area contributed by atoms with Gasteiger partial charge in [-0.05, 0) is 175 Å². The van der Waals surface area contributed by atoms with Crippen LogP contribution in [0.2, 0.25) is 0 Å². The molecule has 0 aromatic carbocycles. The van der Waals surface area contributed by atoms with E-state index in [1.807, 2.05) is 47.1 Å². The molecule has 0 spiro atoms. The van der Waals surface area contributed by atoms with Gasteiger partial charge < -0.3 is 14.6 Å². The van der Waals surface area contributed by atoms with Crippen molar-refractivity contribution in [2.45, 2.75) is 128 Å². The molecule has 6 aliphatic rings. The van der Waals surface area contributed by atoms with Crippen LogP contribution in [-0.4, -0.2) is 38.4 Å². The molecule has 0 amide bonds. The zero-order chi connectivity index (χ0) is 39.6. The summed E-state index contributed by atoms with van der Waals surface area (Å²) in [6.07, 6.45) is 26.9. The summed E-state index contributed by atoms with van der Waals surface area (Å²) in [6.45, 7) is 2.16. The van der Waals surface area contributed by atoms with Gasteiger partial charge in [-0.1, -0.05) is 51.5 Å². The predicted molar refractivity (Wildman–Crippen MR) is 284 cm³/mol. The number of rotatable bonds is 5. The molecule has 3 heterocycles. The van der Waals surface area contributed by atoms with E-state index in [0.29, 0.717) is 29.0 Å². The molecule has 316 valence electrons. The first-order chi connectivity index (χ1) is 26.7. The van der Waals surface area contributed by atoms with Gasteiger partial charge in [-0.15, -0.1) is 24.0 Å². The summed E-state index contributed by atoms with van der Waals surface area (Å²) in [6, 6.07) is 11.5. The van der Waals surface area contributed by atoms with Gasteiger partial charge in [-0.2, -0.15) is 4.39 Å². The normalized spacial score (nSPS) is 28.7. The zero-order valence-electron chi connectivity index (χ0n) is 31.7. The van der Waals surface area contributed by atoms with Crippen LogP contribution >= 0.6 is 144 Å². The van der Waals surface area contributed by atoms with E-state index in [0.717, 1.165) is 70.1 Å². The molecule has 3 unspecified atom stereocenters. The van der Waals surface area contributed by atoms with Crippen molar-refractivity contribution in [3.05, 3.63) is 73.6 Å². The van der Waals surface area contributed by atoms with Crippen molar-refractivity contribution in [3.63, 3.8) is 0 Å². The molecule has 3 aromatic rings. The second-order valence-corrected chi connectivity index (χ2v) is 34.2. The number of hydrogen-bond acceptors (Lipinski definition) is 6.